The second-order valence-corrected chi connectivity index (χ2v) is 3.36. The average Bonchev–Trinajstić information content (AvgIpc) is 2.81. The van der Waals surface area contributed by atoms with E-state index in [1.807, 2.05) is 0 Å². The van der Waals surface area contributed by atoms with E-state index in [1.54, 1.807) is 24.3 Å². The van der Waals surface area contributed by atoms with Crippen molar-refractivity contribution in [3.63, 3.8) is 0 Å². The standard InChI is InChI=1S/C10H5ClN4O2/c11-7-1-2-8-10(17-5-16-8)9(7)15-14-6(3-12)4-13/h1-2,15H,5H2. The smallest absolute Gasteiger partial charge is 0.237 e. The molecule has 1 heterocycles. The normalized spacial score (nSPS) is 11.2. The third kappa shape index (κ3) is 2.07. The van der Waals surface area contributed by atoms with E-state index in [0.29, 0.717) is 22.2 Å². The quantitative estimate of drug-likeness (QED) is 0.637. The summed E-state index contributed by atoms with van der Waals surface area (Å²) in [6.07, 6.45) is 0. The van der Waals surface area contributed by atoms with Crippen LogP contribution in [0.15, 0.2) is 17.2 Å². The van der Waals surface area contributed by atoms with Crippen LogP contribution in [0.1, 0.15) is 0 Å². The van der Waals surface area contributed by atoms with E-state index >= 15 is 0 Å². The fraction of sp³-hybridized carbons (Fsp3) is 0.100. The zero-order valence-corrected chi connectivity index (χ0v) is 9.15. The second kappa shape index (κ2) is 4.60. The third-order valence-corrected chi connectivity index (χ3v) is 2.29. The zero-order valence-electron chi connectivity index (χ0n) is 8.40. The van der Waals surface area contributed by atoms with Crippen molar-refractivity contribution in [2.45, 2.75) is 0 Å². The molecule has 0 amide bonds. The van der Waals surface area contributed by atoms with Crippen LogP contribution < -0.4 is 14.9 Å². The van der Waals surface area contributed by atoms with E-state index in [-0.39, 0.29) is 12.5 Å². The molecule has 1 N–H and O–H groups in total. The van der Waals surface area contributed by atoms with E-state index in [0.717, 1.165) is 0 Å². The van der Waals surface area contributed by atoms with Crippen molar-refractivity contribution in [3.05, 3.63) is 17.2 Å². The van der Waals surface area contributed by atoms with Gasteiger partial charge in [-0.1, -0.05) is 11.6 Å². The SMILES string of the molecule is N#CC(C#N)=NNc1c(Cl)ccc2c1OCO2. The van der Waals surface area contributed by atoms with Gasteiger partial charge in [0.25, 0.3) is 0 Å². The minimum atomic E-state index is -0.308. The van der Waals surface area contributed by atoms with Crippen LogP contribution in [0.5, 0.6) is 11.5 Å². The molecule has 0 bridgehead atoms. The number of benzene rings is 1. The van der Waals surface area contributed by atoms with Crippen LogP contribution >= 0.6 is 11.6 Å². The molecule has 1 aliphatic heterocycles. The van der Waals surface area contributed by atoms with Gasteiger partial charge in [0, 0.05) is 0 Å². The lowest BCUT2D eigenvalue weighted by atomic mass is 10.3. The molecule has 0 atom stereocenters. The Morgan fingerprint density at radius 3 is 2.82 bits per heavy atom. The second-order valence-electron chi connectivity index (χ2n) is 2.95. The summed E-state index contributed by atoms with van der Waals surface area (Å²) in [6.45, 7) is 0.0947. The number of halogens is 1. The zero-order chi connectivity index (χ0) is 12.3. The van der Waals surface area contributed by atoms with Crippen LogP contribution in [0.3, 0.4) is 0 Å². The molecule has 84 valence electrons. The number of nitrogens with zero attached hydrogens (tertiary/aromatic N) is 3. The van der Waals surface area contributed by atoms with E-state index in [2.05, 4.69) is 10.5 Å². The largest absolute Gasteiger partial charge is 0.454 e. The van der Waals surface area contributed by atoms with Crippen molar-refractivity contribution < 1.29 is 9.47 Å². The molecular formula is C10H5ClN4O2. The number of nitriles is 2. The third-order valence-electron chi connectivity index (χ3n) is 1.98. The maximum atomic E-state index is 8.53. The Balaban J connectivity index is 2.35. The first kappa shape index (κ1) is 11.1. The lowest BCUT2D eigenvalue weighted by molar-refractivity contribution is 0.174. The molecule has 7 heteroatoms. The molecule has 0 radical (unpaired) electrons. The maximum Gasteiger partial charge on any atom is 0.237 e. The number of hydrogen-bond acceptors (Lipinski definition) is 6. The van der Waals surface area contributed by atoms with Crippen molar-refractivity contribution in [2.75, 3.05) is 12.2 Å². The highest BCUT2D eigenvalue weighted by Gasteiger charge is 2.20. The molecule has 2 rings (SSSR count). The van der Waals surface area contributed by atoms with Gasteiger partial charge in [-0.3, -0.25) is 5.43 Å². The predicted molar refractivity (Wildman–Crippen MR) is 59.9 cm³/mol. The number of fused-ring (bicyclic) bond motifs is 1. The van der Waals surface area contributed by atoms with Crippen LogP contribution in [0.4, 0.5) is 5.69 Å². The van der Waals surface area contributed by atoms with Crippen molar-refractivity contribution in [2.24, 2.45) is 5.10 Å². The number of hydrazone groups is 1. The number of nitrogens with one attached hydrogen (secondary N) is 1. The molecule has 0 unspecified atom stereocenters. The summed E-state index contributed by atoms with van der Waals surface area (Å²) in [7, 11) is 0. The van der Waals surface area contributed by atoms with Gasteiger partial charge in [0.1, 0.15) is 17.8 Å². The molecule has 6 nitrogen and oxygen atoms in total. The first-order valence-electron chi connectivity index (χ1n) is 4.48. The highest BCUT2D eigenvalue weighted by Crippen LogP contribution is 2.43. The Hall–Kier alpha value is -2.44. The van der Waals surface area contributed by atoms with Crippen LogP contribution in [0, 0.1) is 22.7 Å². The van der Waals surface area contributed by atoms with Gasteiger partial charge in [0.15, 0.2) is 11.5 Å². The van der Waals surface area contributed by atoms with Gasteiger partial charge >= 0.3 is 0 Å². The van der Waals surface area contributed by atoms with Crippen LogP contribution in [0.25, 0.3) is 0 Å². The summed E-state index contributed by atoms with van der Waals surface area (Å²) < 4.78 is 10.4. The molecule has 0 saturated heterocycles. The van der Waals surface area contributed by atoms with Crippen molar-refractivity contribution in [1.29, 1.82) is 10.5 Å². The van der Waals surface area contributed by atoms with E-state index in [1.165, 1.54) is 0 Å². The Kier molecular flexibility index (Phi) is 2.99. The topological polar surface area (TPSA) is 90.4 Å². The Morgan fingerprint density at radius 2 is 2.12 bits per heavy atom. The van der Waals surface area contributed by atoms with Gasteiger partial charge < -0.3 is 9.47 Å². The highest BCUT2D eigenvalue weighted by atomic mass is 35.5. The molecule has 0 spiro atoms. The first-order valence-corrected chi connectivity index (χ1v) is 4.86. The molecule has 0 aliphatic carbocycles. The van der Waals surface area contributed by atoms with Crippen LogP contribution in [0.2, 0.25) is 5.02 Å². The first-order chi connectivity index (χ1) is 8.26. The van der Waals surface area contributed by atoms with Crippen LogP contribution in [-0.4, -0.2) is 12.5 Å². The summed E-state index contributed by atoms with van der Waals surface area (Å²) in [4.78, 5) is 0. The van der Waals surface area contributed by atoms with Gasteiger partial charge in [-0.2, -0.15) is 15.6 Å². The number of hydrogen-bond donors (Lipinski definition) is 1. The Labute approximate surface area is 102 Å². The molecule has 1 aromatic rings. The number of anilines is 1. The minimum Gasteiger partial charge on any atom is -0.454 e. The maximum absolute atomic E-state index is 8.53. The van der Waals surface area contributed by atoms with Gasteiger partial charge in [0.2, 0.25) is 12.5 Å². The van der Waals surface area contributed by atoms with Gasteiger partial charge in [0.05, 0.1) is 5.02 Å². The Morgan fingerprint density at radius 1 is 1.35 bits per heavy atom. The lowest BCUT2D eigenvalue weighted by Gasteiger charge is -2.06. The fourth-order valence-corrected chi connectivity index (χ4v) is 1.43. The predicted octanol–water partition coefficient (Wildman–Crippen LogP) is 1.88. The summed E-state index contributed by atoms with van der Waals surface area (Å²) in [5.74, 6) is 0.944. The summed E-state index contributed by atoms with van der Waals surface area (Å²) in [6, 6.07) is 6.51. The molecule has 1 aromatic carbocycles. The lowest BCUT2D eigenvalue weighted by Crippen LogP contribution is -1.98. The summed E-state index contributed by atoms with van der Waals surface area (Å²) in [5.41, 5.74) is 2.58. The molecule has 0 fully saturated rings. The van der Waals surface area contributed by atoms with E-state index < -0.39 is 0 Å². The monoisotopic (exact) mass is 248 g/mol. The van der Waals surface area contributed by atoms with Gasteiger partial charge in [-0.25, -0.2) is 0 Å². The van der Waals surface area contributed by atoms with E-state index in [9.17, 15) is 0 Å². The Bertz CT molecular complexity index is 555. The van der Waals surface area contributed by atoms with Gasteiger partial charge in [-0.05, 0) is 12.1 Å². The average molecular weight is 249 g/mol. The number of rotatable bonds is 2. The van der Waals surface area contributed by atoms with Crippen LogP contribution in [-0.2, 0) is 0 Å². The molecule has 17 heavy (non-hydrogen) atoms. The van der Waals surface area contributed by atoms with E-state index in [4.69, 9.17) is 31.6 Å². The summed E-state index contributed by atoms with van der Waals surface area (Å²) in [5, 5.41) is 21.0. The van der Waals surface area contributed by atoms with Gasteiger partial charge in [-0.15, -0.1) is 0 Å². The minimum absolute atomic E-state index is 0.0947. The van der Waals surface area contributed by atoms with Crippen molar-refractivity contribution in [1.82, 2.24) is 0 Å². The van der Waals surface area contributed by atoms with Crippen molar-refractivity contribution >= 4 is 23.0 Å². The molecule has 1 aliphatic rings. The summed E-state index contributed by atoms with van der Waals surface area (Å²) >= 11 is 5.94. The molecule has 0 saturated carbocycles. The number of ether oxygens (including phenoxy) is 2. The highest BCUT2D eigenvalue weighted by molar-refractivity contribution is 6.33. The van der Waals surface area contributed by atoms with Crippen molar-refractivity contribution in [3.8, 4) is 23.6 Å². The molecular weight excluding hydrogens is 244 g/mol. The molecule has 0 aromatic heterocycles. The fourth-order valence-electron chi connectivity index (χ4n) is 1.24.